The first-order valence-electron chi connectivity index (χ1n) is 11.4. The minimum absolute atomic E-state index is 0.0747. The summed E-state index contributed by atoms with van der Waals surface area (Å²) in [5.74, 6) is -3.76. The first kappa shape index (κ1) is 23.8. The van der Waals surface area contributed by atoms with E-state index in [9.17, 15) is 32.3 Å². The molecule has 1 atom stereocenters. The lowest BCUT2D eigenvalue weighted by Gasteiger charge is -2.36. The SMILES string of the molecule is CC[C@]1(CC(=O)CNC(=O)C(F)(F)F)C(=O)OCc2c1cc1n(c2=O)Cc2cc3ccccc3cc2-1. The third-order valence-electron chi connectivity index (χ3n) is 7.04. The van der Waals surface area contributed by atoms with Crippen LogP contribution in [0.25, 0.3) is 22.0 Å². The van der Waals surface area contributed by atoms with Gasteiger partial charge in [-0.2, -0.15) is 13.2 Å². The Morgan fingerprint density at radius 1 is 1.11 bits per heavy atom. The van der Waals surface area contributed by atoms with Crippen LogP contribution in [0.5, 0.6) is 0 Å². The molecule has 0 fully saturated rings. The lowest BCUT2D eigenvalue weighted by Crippen LogP contribution is -2.47. The van der Waals surface area contributed by atoms with E-state index in [1.165, 1.54) is 0 Å². The van der Waals surface area contributed by atoms with Gasteiger partial charge in [-0.25, -0.2) is 0 Å². The van der Waals surface area contributed by atoms with Gasteiger partial charge in [-0.1, -0.05) is 31.2 Å². The maximum Gasteiger partial charge on any atom is 0.471 e. The summed E-state index contributed by atoms with van der Waals surface area (Å²) in [4.78, 5) is 50.3. The number of cyclic esters (lactones) is 1. The maximum absolute atomic E-state index is 13.5. The Morgan fingerprint density at radius 2 is 1.81 bits per heavy atom. The second-order valence-electron chi connectivity index (χ2n) is 9.08. The van der Waals surface area contributed by atoms with E-state index >= 15 is 0 Å². The van der Waals surface area contributed by atoms with Crippen molar-refractivity contribution < 1.29 is 32.3 Å². The number of nitrogens with zero attached hydrogens (tertiary/aromatic N) is 1. The van der Waals surface area contributed by atoms with Gasteiger partial charge >= 0.3 is 18.1 Å². The molecule has 0 saturated carbocycles. The van der Waals surface area contributed by atoms with E-state index < -0.39 is 42.2 Å². The number of carbonyl (C=O) groups excluding carboxylic acids is 3. The zero-order chi connectivity index (χ0) is 25.8. The molecule has 0 unspecified atom stereocenters. The summed E-state index contributed by atoms with van der Waals surface area (Å²) in [7, 11) is 0. The molecule has 1 aromatic heterocycles. The number of amides is 1. The lowest BCUT2D eigenvalue weighted by atomic mass is 9.71. The number of ether oxygens (including phenoxy) is 1. The summed E-state index contributed by atoms with van der Waals surface area (Å²) in [5.41, 5.74) is 1.06. The molecule has 0 saturated heterocycles. The molecular formula is C26H21F3N2O5. The van der Waals surface area contributed by atoms with Crippen LogP contribution in [0.15, 0.2) is 47.3 Å². The Hall–Kier alpha value is -3.95. The smallest absolute Gasteiger partial charge is 0.460 e. The third kappa shape index (κ3) is 3.68. The van der Waals surface area contributed by atoms with Gasteiger partial charge in [0, 0.05) is 12.0 Å². The van der Waals surface area contributed by atoms with Crippen LogP contribution in [0.4, 0.5) is 13.2 Å². The number of rotatable bonds is 5. The minimum atomic E-state index is -5.13. The number of carbonyl (C=O) groups is 3. The van der Waals surface area contributed by atoms with Crippen molar-refractivity contribution in [2.45, 2.75) is 44.5 Å². The second kappa shape index (κ2) is 8.32. The normalized spacial score (nSPS) is 18.3. The third-order valence-corrected chi connectivity index (χ3v) is 7.04. The molecule has 5 rings (SSSR count). The van der Waals surface area contributed by atoms with E-state index in [1.54, 1.807) is 22.9 Å². The number of benzene rings is 2. The standard InChI is InChI=1S/C26H21F3N2O5/c1-2-25(10-17(32)11-30-23(34)26(27,28)29)20-9-21-18-8-15-6-4-3-5-14(15)7-16(18)12-31(21)22(33)19(20)13-36-24(25)35/h3-9H,2,10-13H2,1H3,(H,30,34)/t25-/m1/s1. The number of halogens is 3. The molecule has 0 bridgehead atoms. The summed E-state index contributed by atoms with van der Waals surface area (Å²) < 4.78 is 44.4. The molecule has 2 aliphatic rings. The van der Waals surface area contributed by atoms with Gasteiger partial charge in [-0.15, -0.1) is 0 Å². The van der Waals surface area contributed by atoms with Crippen molar-refractivity contribution in [3.8, 4) is 11.3 Å². The highest BCUT2D eigenvalue weighted by Gasteiger charge is 2.48. The zero-order valence-electron chi connectivity index (χ0n) is 19.2. The fourth-order valence-corrected chi connectivity index (χ4v) is 5.15. The largest absolute Gasteiger partial charge is 0.471 e. The lowest BCUT2D eigenvalue weighted by molar-refractivity contribution is -0.173. The highest BCUT2D eigenvalue weighted by Crippen LogP contribution is 2.42. The highest BCUT2D eigenvalue weighted by atomic mass is 19.4. The quantitative estimate of drug-likeness (QED) is 0.426. The van der Waals surface area contributed by atoms with E-state index in [0.717, 1.165) is 21.9 Å². The van der Waals surface area contributed by atoms with Crippen molar-refractivity contribution >= 4 is 28.4 Å². The molecule has 2 aliphatic heterocycles. The monoisotopic (exact) mass is 498 g/mol. The van der Waals surface area contributed by atoms with Gasteiger partial charge in [0.2, 0.25) is 0 Å². The predicted octanol–water partition coefficient (Wildman–Crippen LogP) is 3.37. The number of Topliss-reactive ketones (excluding diaryl/α,β-unsaturated/α-hetero) is 1. The topological polar surface area (TPSA) is 94.5 Å². The van der Waals surface area contributed by atoms with Crippen molar-refractivity contribution in [2.75, 3.05) is 6.54 Å². The van der Waals surface area contributed by atoms with Crippen molar-refractivity contribution in [1.82, 2.24) is 9.88 Å². The van der Waals surface area contributed by atoms with Crippen molar-refractivity contribution in [2.24, 2.45) is 0 Å². The molecule has 0 aliphatic carbocycles. The first-order valence-corrected chi connectivity index (χ1v) is 11.4. The van der Waals surface area contributed by atoms with Crippen LogP contribution in [0.3, 0.4) is 0 Å². The Bertz CT molecular complexity index is 1510. The number of pyridine rings is 1. The molecule has 36 heavy (non-hydrogen) atoms. The summed E-state index contributed by atoms with van der Waals surface area (Å²) in [6, 6.07) is 13.5. The molecule has 7 nitrogen and oxygen atoms in total. The van der Waals surface area contributed by atoms with Crippen LogP contribution in [-0.2, 0) is 37.7 Å². The van der Waals surface area contributed by atoms with E-state index in [-0.39, 0.29) is 24.2 Å². The summed E-state index contributed by atoms with van der Waals surface area (Å²) >= 11 is 0. The van der Waals surface area contributed by atoms with E-state index in [1.807, 2.05) is 36.4 Å². The Labute approximate surface area is 202 Å². The molecule has 2 aromatic carbocycles. The Morgan fingerprint density at radius 3 is 2.47 bits per heavy atom. The second-order valence-corrected chi connectivity index (χ2v) is 9.08. The summed E-state index contributed by atoms with van der Waals surface area (Å²) in [6.45, 7) is 0.829. The number of esters is 1. The number of nitrogens with one attached hydrogen (secondary N) is 1. The number of alkyl halides is 3. The van der Waals surface area contributed by atoms with Crippen LogP contribution in [0, 0.1) is 0 Å². The molecule has 0 radical (unpaired) electrons. The van der Waals surface area contributed by atoms with Crippen LogP contribution >= 0.6 is 0 Å². The fraction of sp³-hybridized carbons (Fsp3) is 0.308. The molecule has 10 heteroatoms. The predicted molar refractivity (Wildman–Crippen MR) is 123 cm³/mol. The van der Waals surface area contributed by atoms with Crippen LogP contribution < -0.4 is 10.9 Å². The van der Waals surface area contributed by atoms with E-state index in [0.29, 0.717) is 17.8 Å². The number of aromatic nitrogens is 1. The minimum Gasteiger partial charge on any atom is -0.460 e. The maximum atomic E-state index is 13.5. The molecule has 1 N–H and O–H groups in total. The molecule has 1 amide bonds. The average molecular weight is 498 g/mol. The Balaban J connectivity index is 1.57. The number of hydrogen-bond acceptors (Lipinski definition) is 5. The molecule has 186 valence electrons. The zero-order valence-corrected chi connectivity index (χ0v) is 19.2. The highest BCUT2D eigenvalue weighted by molar-refractivity contribution is 5.96. The molecule has 3 heterocycles. The van der Waals surface area contributed by atoms with Crippen molar-refractivity contribution in [1.29, 1.82) is 0 Å². The van der Waals surface area contributed by atoms with Crippen molar-refractivity contribution in [3.05, 3.63) is 69.5 Å². The van der Waals surface area contributed by atoms with Gasteiger partial charge in [0.25, 0.3) is 5.56 Å². The molecule has 3 aromatic rings. The van der Waals surface area contributed by atoms with Gasteiger partial charge < -0.3 is 14.6 Å². The fourth-order valence-electron chi connectivity index (χ4n) is 5.15. The van der Waals surface area contributed by atoms with Crippen LogP contribution in [-0.4, -0.2) is 34.9 Å². The Kier molecular flexibility index (Phi) is 5.50. The molecule has 0 spiro atoms. The van der Waals surface area contributed by atoms with Gasteiger partial charge in [0.1, 0.15) is 12.0 Å². The van der Waals surface area contributed by atoms with Gasteiger partial charge in [0.15, 0.2) is 5.78 Å². The van der Waals surface area contributed by atoms with Gasteiger partial charge in [-0.05, 0) is 46.5 Å². The van der Waals surface area contributed by atoms with E-state index in [4.69, 9.17) is 4.74 Å². The average Bonchev–Trinajstić information content (AvgIpc) is 3.20. The van der Waals surface area contributed by atoms with E-state index in [2.05, 4.69) is 0 Å². The number of ketones is 1. The number of hydrogen-bond donors (Lipinski definition) is 1. The van der Waals surface area contributed by atoms with Crippen LogP contribution in [0.1, 0.15) is 36.5 Å². The van der Waals surface area contributed by atoms with Crippen LogP contribution in [0.2, 0.25) is 0 Å². The number of fused-ring (bicyclic) bond motifs is 5. The van der Waals surface area contributed by atoms with Gasteiger partial charge in [0.05, 0.1) is 24.3 Å². The van der Waals surface area contributed by atoms with Crippen molar-refractivity contribution in [3.63, 3.8) is 0 Å². The first-order chi connectivity index (χ1) is 17.0. The van der Waals surface area contributed by atoms with Gasteiger partial charge in [-0.3, -0.25) is 19.2 Å². The summed E-state index contributed by atoms with van der Waals surface area (Å²) in [6.07, 6.45) is -5.57. The molecular weight excluding hydrogens is 477 g/mol. The summed E-state index contributed by atoms with van der Waals surface area (Å²) in [5, 5.41) is 3.55.